The molecule has 0 radical (unpaired) electrons. The fourth-order valence-electron chi connectivity index (χ4n) is 5.18. The number of benzene rings is 1. The number of aromatic nitrogens is 1. The van der Waals surface area contributed by atoms with E-state index < -0.39 is 79.3 Å². The molecule has 1 amide bonds. The fourth-order valence-corrected chi connectivity index (χ4v) is 6.43. The van der Waals surface area contributed by atoms with Gasteiger partial charge in [-0.2, -0.15) is 13.2 Å². The Bertz CT molecular complexity index is 1340. The first kappa shape index (κ1) is 34.7. The maximum atomic E-state index is 14.7. The summed E-state index contributed by atoms with van der Waals surface area (Å²) in [7, 11) is -2.22. The lowest BCUT2D eigenvalue weighted by Crippen LogP contribution is -2.67. The minimum Gasteiger partial charge on any atom is -0.477 e. The molecule has 0 saturated carbocycles. The van der Waals surface area contributed by atoms with E-state index in [1.807, 2.05) is 0 Å². The average Bonchev–Trinajstić information content (AvgIpc) is 2.82. The fraction of sp³-hybridized carbons (Fsp3) is 0.517. The molecule has 0 aliphatic rings. The second-order valence-corrected chi connectivity index (χ2v) is 13.9. The van der Waals surface area contributed by atoms with E-state index in [4.69, 9.17) is 9.16 Å². The Labute approximate surface area is 244 Å². The zero-order valence-corrected chi connectivity index (χ0v) is 26.2. The molecular weight excluding hydrogens is 573 g/mol. The van der Waals surface area contributed by atoms with E-state index in [-0.39, 0.29) is 12.3 Å². The summed E-state index contributed by atoms with van der Waals surface area (Å²) in [6.07, 6.45) is -4.77. The number of hydrogen-bond acceptors (Lipinski definition) is 6. The van der Waals surface area contributed by atoms with Crippen molar-refractivity contribution in [1.29, 1.82) is 0 Å². The van der Waals surface area contributed by atoms with Gasteiger partial charge < -0.3 is 19.6 Å². The van der Waals surface area contributed by atoms with Gasteiger partial charge in [-0.15, -0.1) is 0 Å². The van der Waals surface area contributed by atoms with Gasteiger partial charge in [0.1, 0.15) is 23.8 Å². The number of aromatic carboxylic acids is 1. The molecule has 2 unspecified atom stereocenters. The van der Waals surface area contributed by atoms with Crippen LogP contribution in [0.15, 0.2) is 41.2 Å². The maximum Gasteiger partial charge on any atom is 0.396 e. The number of amides is 1. The molecule has 9 nitrogen and oxygen atoms in total. The van der Waals surface area contributed by atoms with E-state index in [0.29, 0.717) is 5.56 Å². The van der Waals surface area contributed by atoms with Gasteiger partial charge in [0.05, 0.1) is 17.9 Å². The third-order valence-electron chi connectivity index (χ3n) is 6.63. The summed E-state index contributed by atoms with van der Waals surface area (Å²) >= 11 is 0. The summed E-state index contributed by atoms with van der Waals surface area (Å²) in [6.45, 7) is 11.2. The number of carboxylic acid groups (broad SMARTS) is 1. The molecule has 0 spiro atoms. The van der Waals surface area contributed by atoms with E-state index >= 15 is 0 Å². The monoisotopic (exact) mass is 612 g/mol. The number of carbonyl (C=O) groups excluding carboxylic acids is 2. The second-order valence-electron chi connectivity index (χ2n) is 11.6. The lowest BCUT2D eigenvalue weighted by molar-refractivity contribution is -0.265. The van der Waals surface area contributed by atoms with Gasteiger partial charge >= 0.3 is 18.1 Å². The Morgan fingerprint density at radius 2 is 1.64 bits per heavy atom. The van der Waals surface area contributed by atoms with Crippen LogP contribution >= 0.6 is 0 Å². The number of halogens is 3. The van der Waals surface area contributed by atoms with Gasteiger partial charge in [-0.3, -0.25) is 14.2 Å². The minimum absolute atomic E-state index is 0.00120. The average molecular weight is 613 g/mol. The van der Waals surface area contributed by atoms with E-state index in [9.17, 15) is 37.5 Å². The van der Waals surface area contributed by atoms with Crippen molar-refractivity contribution in [2.45, 2.75) is 73.1 Å². The van der Waals surface area contributed by atoms with Crippen LogP contribution in [0.4, 0.5) is 13.2 Å². The van der Waals surface area contributed by atoms with Crippen molar-refractivity contribution in [3.8, 4) is 11.3 Å². The van der Waals surface area contributed by atoms with E-state index in [0.717, 1.165) is 10.6 Å². The van der Waals surface area contributed by atoms with Crippen LogP contribution in [0.1, 0.15) is 62.3 Å². The molecule has 0 saturated heterocycles. The first-order valence-electron chi connectivity index (χ1n) is 13.6. The van der Waals surface area contributed by atoms with Crippen molar-refractivity contribution in [3.05, 3.63) is 57.9 Å². The van der Waals surface area contributed by atoms with Crippen molar-refractivity contribution < 1.29 is 41.8 Å². The second kappa shape index (κ2) is 13.2. The quantitative estimate of drug-likeness (QED) is 0.206. The number of rotatable bonds is 11. The summed E-state index contributed by atoms with van der Waals surface area (Å²) in [4.78, 5) is 52.0. The van der Waals surface area contributed by atoms with Crippen LogP contribution in [-0.4, -0.2) is 55.1 Å². The van der Waals surface area contributed by atoms with Crippen LogP contribution in [0.25, 0.3) is 11.3 Å². The standard InChI is InChI=1S/C29H39F3N2O7Si/c1-9-40-25(39)19-15-20(18-13-11-10-12-14-18)34(23(36)22(19)24(37)38)16-21(35)33-28(17(2)3,41-42(7)8)26(27(4,5)6)29(30,31)32/h10-15,17,26,42H,9,16H2,1-8H3,(H,33,35)(H,37,38). The van der Waals surface area contributed by atoms with Crippen molar-refractivity contribution in [3.63, 3.8) is 0 Å². The molecule has 1 aromatic heterocycles. The highest BCUT2D eigenvalue weighted by Gasteiger charge is 2.61. The first-order valence-corrected chi connectivity index (χ1v) is 16.3. The Morgan fingerprint density at radius 1 is 1.07 bits per heavy atom. The van der Waals surface area contributed by atoms with Gasteiger partial charge in [0, 0.05) is 5.92 Å². The number of nitrogens with one attached hydrogen (secondary N) is 1. The molecule has 0 aliphatic carbocycles. The van der Waals surface area contributed by atoms with Gasteiger partial charge in [0.15, 0.2) is 9.04 Å². The van der Waals surface area contributed by atoms with Crippen molar-refractivity contribution in [1.82, 2.24) is 9.88 Å². The zero-order valence-electron chi connectivity index (χ0n) is 25.1. The molecule has 232 valence electrons. The normalized spacial score (nSPS) is 14.4. The number of carbonyl (C=O) groups is 3. The minimum atomic E-state index is -4.77. The lowest BCUT2D eigenvalue weighted by Gasteiger charge is -2.51. The molecular formula is C29H39F3N2O7Si. The molecule has 1 heterocycles. The first-order chi connectivity index (χ1) is 19.3. The SMILES string of the molecule is CCOC(=O)c1cc(-c2ccccc2)n(CC(=O)NC(O[SiH](C)C)(C(C)C)C(C(C)(C)C)C(F)(F)F)c(=O)c1C(=O)O. The lowest BCUT2D eigenvalue weighted by atomic mass is 9.70. The smallest absolute Gasteiger partial charge is 0.396 e. The largest absolute Gasteiger partial charge is 0.477 e. The number of nitrogens with zero attached hydrogens (tertiary/aromatic N) is 1. The summed E-state index contributed by atoms with van der Waals surface area (Å²) in [5.74, 6) is -6.77. The molecule has 0 bridgehead atoms. The molecule has 13 heteroatoms. The van der Waals surface area contributed by atoms with Crippen molar-refractivity contribution in [2.24, 2.45) is 17.3 Å². The van der Waals surface area contributed by atoms with Crippen LogP contribution in [0.2, 0.25) is 13.1 Å². The Morgan fingerprint density at radius 3 is 2.07 bits per heavy atom. The third kappa shape index (κ3) is 7.68. The molecule has 0 aliphatic heterocycles. The van der Waals surface area contributed by atoms with Gasteiger partial charge in [-0.1, -0.05) is 65.0 Å². The summed E-state index contributed by atoms with van der Waals surface area (Å²) < 4.78 is 55.9. The van der Waals surface area contributed by atoms with Crippen LogP contribution in [0, 0.1) is 17.3 Å². The Balaban J connectivity index is 2.82. The van der Waals surface area contributed by atoms with E-state index in [1.165, 1.54) is 41.5 Å². The topological polar surface area (TPSA) is 124 Å². The molecule has 0 fully saturated rings. The van der Waals surface area contributed by atoms with Crippen LogP contribution in [-0.2, 0) is 20.5 Å². The predicted octanol–water partition coefficient (Wildman–Crippen LogP) is 5.08. The number of ether oxygens (including phenoxy) is 1. The highest BCUT2D eigenvalue weighted by molar-refractivity contribution is 6.48. The van der Waals surface area contributed by atoms with Gasteiger partial charge in [0.2, 0.25) is 5.91 Å². The summed E-state index contributed by atoms with van der Waals surface area (Å²) in [6, 6.07) is 9.22. The highest BCUT2D eigenvalue weighted by Crippen LogP contribution is 2.49. The number of esters is 1. The maximum absolute atomic E-state index is 14.7. The summed E-state index contributed by atoms with van der Waals surface area (Å²) in [5, 5.41) is 12.3. The van der Waals surface area contributed by atoms with Crippen LogP contribution in [0.3, 0.4) is 0 Å². The Hall–Kier alpha value is -3.45. The molecule has 2 atom stereocenters. The van der Waals surface area contributed by atoms with E-state index in [1.54, 1.807) is 43.4 Å². The number of hydrogen-bond donors (Lipinski definition) is 2. The predicted molar refractivity (Wildman–Crippen MR) is 154 cm³/mol. The molecule has 2 aromatic rings. The molecule has 2 rings (SSSR count). The summed E-state index contributed by atoms with van der Waals surface area (Å²) in [5.41, 5.74) is -5.87. The number of carboxylic acids is 1. The Kier molecular flexibility index (Phi) is 11.0. The number of alkyl halides is 3. The number of pyridine rings is 1. The van der Waals surface area contributed by atoms with Gasteiger partial charge in [-0.25, -0.2) is 9.59 Å². The van der Waals surface area contributed by atoms with E-state index in [2.05, 4.69) is 5.32 Å². The van der Waals surface area contributed by atoms with Crippen molar-refractivity contribution >= 4 is 26.9 Å². The van der Waals surface area contributed by atoms with Crippen LogP contribution in [0.5, 0.6) is 0 Å². The highest BCUT2D eigenvalue weighted by atomic mass is 28.3. The van der Waals surface area contributed by atoms with Gasteiger partial charge in [0.25, 0.3) is 5.56 Å². The molecule has 1 aromatic carbocycles. The molecule has 42 heavy (non-hydrogen) atoms. The van der Waals surface area contributed by atoms with Crippen LogP contribution < -0.4 is 10.9 Å². The molecule has 2 N–H and O–H groups in total. The van der Waals surface area contributed by atoms with Crippen molar-refractivity contribution in [2.75, 3.05) is 6.61 Å². The third-order valence-corrected chi connectivity index (χ3v) is 7.49. The van der Waals surface area contributed by atoms with Gasteiger partial charge in [-0.05, 0) is 37.1 Å². The zero-order chi connectivity index (χ0) is 32.2.